The molecule has 0 aliphatic heterocycles. The van der Waals surface area contributed by atoms with Crippen molar-refractivity contribution in [3.8, 4) is 5.75 Å². The Kier molecular flexibility index (Phi) is 5.90. The third-order valence-corrected chi connectivity index (χ3v) is 3.11. The molecule has 6 nitrogen and oxygen atoms in total. The lowest BCUT2D eigenvalue weighted by atomic mass is 9.99. The van der Waals surface area contributed by atoms with E-state index in [2.05, 4.69) is 5.32 Å². The van der Waals surface area contributed by atoms with Gasteiger partial charge in [0, 0.05) is 5.92 Å². The van der Waals surface area contributed by atoms with Crippen LogP contribution in [0.2, 0.25) is 0 Å². The van der Waals surface area contributed by atoms with Gasteiger partial charge in [-0.25, -0.2) is 0 Å². The number of phenolic OH excluding ortho intramolecular Hbond substituents is 1. The number of hydrogen-bond donors (Lipinski definition) is 3. The van der Waals surface area contributed by atoms with E-state index in [0.717, 1.165) is 5.56 Å². The molecule has 0 spiro atoms. The van der Waals surface area contributed by atoms with Gasteiger partial charge >= 0.3 is 5.97 Å². The third kappa shape index (κ3) is 5.64. The van der Waals surface area contributed by atoms with Gasteiger partial charge in [0.2, 0.25) is 5.91 Å². The van der Waals surface area contributed by atoms with Gasteiger partial charge in [-0.1, -0.05) is 19.1 Å². The van der Waals surface area contributed by atoms with Crippen molar-refractivity contribution in [1.29, 1.82) is 0 Å². The van der Waals surface area contributed by atoms with Gasteiger partial charge < -0.3 is 15.5 Å². The fraction of sp³-hybridized carbons (Fsp3) is 0.400. The van der Waals surface area contributed by atoms with Crippen molar-refractivity contribution in [3.63, 3.8) is 0 Å². The maximum Gasteiger partial charge on any atom is 0.305 e. The highest BCUT2D eigenvalue weighted by Gasteiger charge is 2.23. The van der Waals surface area contributed by atoms with Gasteiger partial charge in [-0.3, -0.25) is 14.4 Å². The van der Waals surface area contributed by atoms with Crippen LogP contribution in [0.3, 0.4) is 0 Å². The van der Waals surface area contributed by atoms with Crippen LogP contribution in [-0.4, -0.2) is 33.9 Å². The topological polar surface area (TPSA) is 104 Å². The van der Waals surface area contributed by atoms with Crippen molar-refractivity contribution < 1.29 is 24.6 Å². The second-order valence-electron chi connectivity index (χ2n) is 5.04. The molecule has 6 heteroatoms. The number of nitrogens with one attached hydrogen (secondary N) is 1. The highest BCUT2D eigenvalue weighted by atomic mass is 16.4. The van der Waals surface area contributed by atoms with Crippen molar-refractivity contribution in [2.75, 3.05) is 0 Å². The molecular weight excluding hydrogens is 274 g/mol. The van der Waals surface area contributed by atoms with Gasteiger partial charge in [0.1, 0.15) is 5.75 Å². The lowest BCUT2D eigenvalue weighted by Gasteiger charge is -2.17. The van der Waals surface area contributed by atoms with E-state index in [0.29, 0.717) is 6.42 Å². The molecule has 1 amide bonds. The van der Waals surface area contributed by atoms with Gasteiger partial charge in [-0.2, -0.15) is 0 Å². The number of carbonyl (C=O) groups is 3. The first-order valence-electron chi connectivity index (χ1n) is 6.60. The molecule has 0 saturated carbocycles. The smallest absolute Gasteiger partial charge is 0.305 e. The predicted octanol–water partition coefficient (Wildman–Crippen LogP) is 1.12. The molecule has 1 aromatic carbocycles. The Labute approximate surface area is 122 Å². The number of carboxylic acids is 1. The van der Waals surface area contributed by atoms with E-state index < -0.39 is 24.3 Å². The van der Waals surface area contributed by atoms with Gasteiger partial charge in [0.25, 0.3) is 0 Å². The van der Waals surface area contributed by atoms with Gasteiger partial charge in [-0.15, -0.1) is 0 Å². The molecular formula is C15H19NO5. The minimum Gasteiger partial charge on any atom is -0.508 e. The lowest BCUT2D eigenvalue weighted by Crippen LogP contribution is -2.43. The van der Waals surface area contributed by atoms with Crippen molar-refractivity contribution in [3.05, 3.63) is 29.8 Å². The Balaban J connectivity index is 2.62. The molecule has 1 rings (SSSR count). The van der Waals surface area contributed by atoms with Crippen molar-refractivity contribution in [2.24, 2.45) is 5.92 Å². The minimum absolute atomic E-state index is 0.147. The normalized spacial score (nSPS) is 13.2. The molecule has 114 valence electrons. The summed E-state index contributed by atoms with van der Waals surface area (Å²) in [5.74, 6) is -2.16. The van der Waals surface area contributed by atoms with E-state index in [1.54, 1.807) is 19.1 Å². The molecule has 21 heavy (non-hydrogen) atoms. The number of aliphatic carboxylic acids is 1. The average molecular weight is 293 g/mol. The summed E-state index contributed by atoms with van der Waals surface area (Å²) in [7, 11) is 0. The minimum atomic E-state index is -1.14. The van der Waals surface area contributed by atoms with Crippen LogP contribution in [-0.2, 0) is 20.8 Å². The number of carbonyl (C=O) groups excluding carboxylic acids is 2. The van der Waals surface area contributed by atoms with E-state index in [-0.39, 0.29) is 17.4 Å². The largest absolute Gasteiger partial charge is 0.508 e. The summed E-state index contributed by atoms with van der Waals surface area (Å²) >= 11 is 0. The Morgan fingerprint density at radius 1 is 1.19 bits per heavy atom. The molecule has 0 radical (unpaired) electrons. The summed E-state index contributed by atoms with van der Waals surface area (Å²) in [4.78, 5) is 34.0. The molecule has 0 aliphatic carbocycles. The van der Waals surface area contributed by atoms with Crippen LogP contribution >= 0.6 is 0 Å². The predicted molar refractivity (Wildman–Crippen MR) is 75.8 cm³/mol. The first kappa shape index (κ1) is 16.7. The number of benzene rings is 1. The summed E-state index contributed by atoms with van der Waals surface area (Å²) < 4.78 is 0. The number of Topliss-reactive ketones (excluding diaryl/α,β-unsaturated/α-hetero) is 1. The maximum atomic E-state index is 12.0. The van der Waals surface area contributed by atoms with Crippen LogP contribution in [0.4, 0.5) is 0 Å². The molecule has 2 atom stereocenters. The van der Waals surface area contributed by atoms with Crippen LogP contribution in [0.15, 0.2) is 24.3 Å². The summed E-state index contributed by atoms with van der Waals surface area (Å²) in [5.41, 5.74) is 0.869. The van der Waals surface area contributed by atoms with Gasteiger partial charge in [0.05, 0.1) is 12.5 Å². The quantitative estimate of drug-likeness (QED) is 0.699. The Hall–Kier alpha value is -2.37. The highest BCUT2D eigenvalue weighted by Crippen LogP contribution is 2.14. The zero-order valence-electron chi connectivity index (χ0n) is 12.0. The number of carboxylic acid groups (broad SMARTS) is 1. The number of phenols is 1. The van der Waals surface area contributed by atoms with Crippen LogP contribution < -0.4 is 5.32 Å². The number of ketones is 1. The van der Waals surface area contributed by atoms with Crippen molar-refractivity contribution >= 4 is 17.7 Å². The van der Waals surface area contributed by atoms with Gasteiger partial charge in [-0.05, 0) is 31.0 Å². The van der Waals surface area contributed by atoms with Crippen LogP contribution in [0.1, 0.15) is 25.8 Å². The Morgan fingerprint density at radius 3 is 2.24 bits per heavy atom. The molecule has 0 aromatic heterocycles. The number of aromatic hydroxyl groups is 1. The van der Waals surface area contributed by atoms with E-state index in [1.807, 2.05) is 0 Å². The van der Waals surface area contributed by atoms with Crippen LogP contribution in [0.25, 0.3) is 0 Å². The molecule has 0 fully saturated rings. The summed E-state index contributed by atoms with van der Waals surface area (Å²) in [5, 5.41) is 20.4. The second kappa shape index (κ2) is 7.42. The average Bonchev–Trinajstić information content (AvgIpc) is 2.39. The third-order valence-electron chi connectivity index (χ3n) is 3.11. The molecule has 0 aliphatic rings. The SMILES string of the molecule is CC(=O)[C@H](CC(=O)O)NC(=O)[C@@H](C)Cc1ccc(O)cc1. The van der Waals surface area contributed by atoms with Crippen molar-refractivity contribution in [2.45, 2.75) is 32.7 Å². The summed E-state index contributed by atoms with van der Waals surface area (Å²) in [6, 6.07) is 5.47. The van der Waals surface area contributed by atoms with Gasteiger partial charge in [0.15, 0.2) is 5.78 Å². The fourth-order valence-corrected chi connectivity index (χ4v) is 1.86. The number of amides is 1. The van der Waals surface area contributed by atoms with Crippen molar-refractivity contribution in [1.82, 2.24) is 5.32 Å². The van der Waals surface area contributed by atoms with E-state index in [4.69, 9.17) is 5.11 Å². The zero-order chi connectivity index (χ0) is 16.0. The zero-order valence-corrected chi connectivity index (χ0v) is 12.0. The summed E-state index contributed by atoms with van der Waals surface area (Å²) in [6.07, 6.45) is 0.0107. The summed E-state index contributed by atoms with van der Waals surface area (Å²) in [6.45, 7) is 2.94. The van der Waals surface area contributed by atoms with E-state index in [9.17, 15) is 19.5 Å². The fourth-order valence-electron chi connectivity index (χ4n) is 1.86. The first-order valence-corrected chi connectivity index (χ1v) is 6.60. The Morgan fingerprint density at radius 2 is 1.76 bits per heavy atom. The number of hydrogen-bond acceptors (Lipinski definition) is 4. The van der Waals surface area contributed by atoms with E-state index in [1.165, 1.54) is 19.1 Å². The van der Waals surface area contributed by atoms with Crippen LogP contribution in [0, 0.1) is 5.92 Å². The molecule has 0 unspecified atom stereocenters. The number of rotatable bonds is 7. The maximum absolute atomic E-state index is 12.0. The monoisotopic (exact) mass is 293 g/mol. The standard InChI is InChI=1S/C15H19NO5/c1-9(7-11-3-5-12(18)6-4-11)15(21)16-13(10(2)17)8-14(19)20/h3-6,9,13,18H,7-8H2,1-2H3,(H,16,21)(H,19,20)/t9-,13-/m0/s1. The second-order valence-corrected chi connectivity index (χ2v) is 5.04. The lowest BCUT2D eigenvalue weighted by molar-refractivity contribution is -0.140. The molecule has 1 aromatic rings. The highest BCUT2D eigenvalue weighted by molar-refractivity contribution is 5.91. The Bertz CT molecular complexity index is 523. The molecule has 3 N–H and O–H groups in total. The first-order chi connectivity index (χ1) is 9.79. The van der Waals surface area contributed by atoms with Crippen LogP contribution in [0.5, 0.6) is 5.75 Å². The molecule has 0 heterocycles. The van der Waals surface area contributed by atoms with E-state index >= 15 is 0 Å². The molecule has 0 bridgehead atoms. The molecule has 0 saturated heterocycles.